The number of nitrogens with zero attached hydrogens (tertiary/aromatic N) is 3. The van der Waals surface area contributed by atoms with E-state index in [9.17, 15) is 4.79 Å². The summed E-state index contributed by atoms with van der Waals surface area (Å²) in [5.74, 6) is 0. The topological polar surface area (TPSA) is 30.2 Å². The fraction of sp³-hybridized carbons (Fsp3) is 0.462. The lowest BCUT2D eigenvalue weighted by molar-refractivity contribution is 0.795. The summed E-state index contributed by atoms with van der Waals surface area (Å²) in [6, 6.07) is 4.16. The standard InChI is InChI=1S/C13H16BrN3O/c1-15-11-7-9(14)10(17-5-3-4-6-17)8-12(11)16(2)13(15)18/h7-8H,3-6H2,1-2H3. The molecule has 1 fully saturated rings. The molecule has 2 aromatic rings. The number of anilines is 1. The Balaban J connectivity index is 2.26. The smallest absolute Gasteiger partial charge is 0.328 e. The van der Waals surface area contributed by atoms with E-state index in [0.717, 1.165) is 28.6 Å². The second-order valence-corrected chi connectivity index (χ2v) is 5.74. The van der Waals surface area contributed by atoms with Crippen LogP contribution >= 0.6 is 15.9 Å². The van der Waals surface area contributed by atoms with Crippen LogP contribution in [0.4, 0.5) is 5.69 Å². The highest BCUT2D eigenvalue weighted by Crippen LogP contribution is 2.32. The molecule has 5 heteroatoms. The zero-order chi connectivity index (χ0) is 12.9. The van der Waals surface area contributed by atoms with Gasteiger partial charge in [0.25, 0.3) is 0 Å². The lowest BCUT2D eigenvalue weighted by Crippen LogP contribution is -2.19. The average molecular weight is 310 g/mol. The summed E-state index contributed by atoms with van der Waals surface area (Å²) in [6.07, 6.45) is 2.50. The number of hydrogen-bond acceptors (Lipinski definition) is 2. The number of fused-ring (bicyclic) bond motifs is 1. The van der Waals surface area contributed by atoms with Crippen molar-refractivity contribution >= 4 is 32.7 Å². The molecule has 0 amide bonds. The van der Waals surface area contributed by atoms with Crippen LogP contribution in [0.2, 0.25) is 0 Å². The van der Waals surface area contributed by atoms with Crippen LogP contribution in [0.15, 0.2) is 21.4 Å². The number of aromatic nitrogens is 2. The maximum absolute atomic E-state index is 11.9. The predicted molar refractivity (Wildman–Crippen MR) is 77.3 cm³/mol. The Morgan fingerprint density at radius 1 is 1.06 bits per heavy atom. The largest absolute Gasteiger partial charge is 0.371 e. The number of imidazole rings is 1. The van der Waals surface area contributed by atoms with Gasteiger partial charge in [-0.25, -0.2) is 4.79 Å². The molecule has 1 aromatic heterocycles. The van der Waals surface area contributed by atoms with Crippen molar-refractivity contribution in [2.24, 2.45) is 14.1 Å². The van der Waals surface area contributed by atoms with Gasteiger partial charge in [0, 0.05) is 31.7 Å². The molecule has 0 atom stereocenters. The van der Waals surface area contributed by atoms with Crippen molar-refractivity contribution < 1.29 is 0 Å². The van der Waals surface area contributed by atoms with Crippen LogP contribution < -0.4 is 10.6 Å². The normalized spacial score (nSPS) is 15.8. The van der Waals surface area contributed by atoms with Gasteiger partial charge in [-0.05, 0) is 40.9 Å². The van der Waals surface area contributed by atoms with E-state index in [1.807, 2.05) is 20.2 Å². The predicted octanol–water partition coefficient (Wildman–Crippen LogP) is 2.24. The van der Waals surface area contributed by atoms with Crippen molar-refractivity contribution in [1.29, 1.82) is 0 Å². The van der Waals surface area contributed by atoms with Crippen LogP contribution in [0.3, 0.4) is 0 Å². The summed E-state index contributed by atoms with van der Waals surface area (Å²) >= 11 is 3.63. The second-order valence-electron chi connectivity index (χ2n) is 4.89. The minimum atomic E-state index is 0.0236. The van der Waals surface area contributed by atoms with E-state index in [-0.39, 0.29) is 5.69 Å². The van der Waals surface area contributed by atoms with Crippen molar-refractivity contribution in [3.8, 4) is 0 Å². The first-order valence-corrected chi connectivity index (χ1v) is 6.99. The highest BCUT2D eigenvalue weighted by Gasteiger charge is 2.18. The quantitative estimate of drug-likeness (QED) is 0.809. The molecule has 18 heavy (non-hydrogen) atoms. The van der Waals surface area contributed by atoms with Gasteiger partial charge in [0.2, 0.25) is 0 Å². The third-order valence-electron chi connectivity index (χ3n) is 3.79. The minimum absolute atomic E-state index is 0.0236. The number of hydrogen-bond donors (Lipinski definition) is 0. The van der Waals surface area contributed by atoms with Gasteiger partial charge >= 0.3 is 5.69 Å². The average Bonchev–Trinajstić information content (AvgIpc) is 2.94. The monoisotopic (exact) mass is 309 g/mol. The van der Waals surface area contributed by atoms with Crippen LogP contribution in [0.25, 0.3) is 11.0 Å². The summed E-state index contributed by atoms with van der Waals surface area (Å²) in [5, 5.41) is 0. The Labute approximate surface area is 114 Å². The summed E-state index contributed by atoms with van der Waals surface area (Å²) in [7, 11) is 3.64. The molecule has 96 valence electrons. The molecule has 3 rings (SSSR count). The Bertz CT molecular complexity index is 665. The van der Waals surface area contributed by atoms with Crippen molar-refractivity contribution in [3.63, 3.8) is 0 Å². The fourth-order valence-corrected chi connectivity index (χ4v) is 3.29. The lowest BCUT2D eigenvalue weighted by Gasteiger charge is -2.19. The highest BCUT2D eigenvalue weighted by atomic mass is 79.9. The van der Waals surface area contributed by atoms with Gasteiger partial charge in [-0.2, -0.15) is 0 Å². The summed E-state index contributed by atoms with van der Waals surface area (Å²) in [4.78, 5) is 14.3. The number of benzene rings is 1. The van der Waals surface area contributed by atoms with Gasteiger partial charge in [0.1, 0.15) is 0 Å². The first-order valence-electron chi connectivity index (χ1n) is 6.19. The molecule has 0 unspecified atom stereocenters. The fourth-order valence-electron chi connectivity index (χ4n) is 2.71. The zero-order valence-corrected chi connectivity index (χ0v) is 12.2. The van der Waals surface area contributed by atoms with Crippen LogP contribution in [0.1, 0.15) is 12.8 Å². The van der Waals surface area contributed by atoms with Gasteiger partial charge < -0.3 is 4.90 Å². The minimum Gasteiger partial charge on any atom is -0.371 e. The van der Waals surface area contributed by atoms with Gasteiger partial charge in [-0.3, -0.25) is 9.13 Å². The molecular weight excluding hydrogens is 294 g/mol. The van der Waals surface area contributed by atoms with Crippen molar-refractivity contribution in [2.75, 3.05) is 18.0 Å². The molecule has 1 saturated heterocycles. The van der Waals surface area contributed by atoms with Crippen LogP contribution in [-0.4, -0.2) is 22.2 Å². The Hall–Kier alpha value is -1.23. The van der Waals surface area contributed by atoms with Gasteiger partial charge in [0.15, 0.2) is 0 Å². The van der Waals surface area contributed by atoms with E-state index in [4.69, 9.17) is 0 Å². The Morgan fingerprint density at radius 3 is 2.22 bits per heavy atom. The van der Waals surface area contributed by atoms with E-state index >= 15 is 0 Å². The van der Waals surface area contributed by atoms with Crippen molar-refractivity contribution in [3.05, 3.63) is 27.1 Å². The first kappa shape index (κ1) is 11.8. The molecule has 1 aromatic carbocycles. The molecular formula is C13H16BrN3O. The summed E-state index contributed by atoms with van der Waals surface area (Å²) < 4.78 is 4.47. The maximum atomic E-state index is 11.9. The number of aryl methyl sites for hydroxylation is 2. The van der Waals surface area contributed by atoms with Crippen LogP contribution in [0.5, 0.6) is 0 Å². The Kier molecular flexibility index (Phi) is 2.73. The summed E-state index contributed by atoms with van der Waals surface area (Å²) in [6.45, 7) is 2.20. The maximum Gasteiger partial charge on any atom is 0.328 e. The number of rotatable bonds is 1. The number of halogens is 1. The van der Waals surface area contributed by atoms with Gasteiger partial charge in [-0.15, -0.1) is 0 Å². The van der Waals surface area contributed by atoms with Crippen molar-refractivity contribution in [2.45, 2.75) is 12.8 Å². The molecule has 0 saturated carbocycles. The molecule has 0 N–H and O–H groups in total. The molecule has 0 bridgehead atoms. The first-order chi connectivity index (χ1) is 8.59. The zero-order valence-electron chi connectivity index (χ0n) is 10.6. The Morgan fingerprint density at radius 2 is 1.61 bits per heavy atom. The van der Waals surface area contributed by atoms with E-state index in [1.165, 1.54) is 18.5 Å². The van der Waals surface area contributed by atoms with Crippen LogP contribution in [-0.2, 0) is 14.1 Å². The third-order valence-corrected chi connectivity index (χ3v) is 4.42. The molecule has 2 heterocycles. The summed E-state index contributed by atoms with van der Waals surface area (Å²) in [5.41, 5.74) is 3.18. The molecule has 1 aliphatic heterocycles. The molecule has 0 aliphatic carbocycles. The molecule has 1 aliphatic rings. The second kappa shape index (κ2) is 4.16. The van der Waals surface area contributed by atoms with E-state index in [0.29, 0.717) is 0 Å². The highest BCUT2D eigenvalue weighted by molar-refractivity contribution is 9.10. The van der Waals surface area contributed by atoms with Gasteiger partial charge in [0.05, 0.1) is 16.7 Å². The van der Waals surface area contributed by atoms with Crippen LogP contribution in [0, 0.1) is 0 Å². The lowest BCUT2D eigenvalue weighted by atomic mass is 10.2. The molecule has 0 radical (unpaired) electrons. The SMILES string of the molecule is Cn1c(=O)n(C)c2cc(N3CCCC3)c(Br)cc21. The van der Waals surface area contributed by atoms with E-state index < -0.39 is 0 Å². The third kappa shape index (κ3) is 1.61. The van der Waals surface area contributed by atoms with E-state index in [1.54, 1.807) is 9.13 Å². The van der Waals surface area contributed by atoms with Gasteiger partial charge in [-0.1, -0.05) is 0 Å². The van der Waals surface area contributed by atoms with E-state index in [2.05, 4.69) is 26.9 Å². The molecule has 4 nitrogen and oxygen atoms in total. The molecule has 0 spiro atoms. The van der Waals surface area contributed by atoms with Crippen molar-refractivity contribution in [1.82, 2.24) is 9.13 Å².